The molecule has 134 valence electrons. The van der Waals surface area contributed by atoms with Crippen molar-refractivity contribution in [2.75, 3.05) is 34.5 Å². The molecule has 0 spiro atoms. The van der Waals surface area contributed by atoms with E-state index in [2.05, 4.69) is 5.32 Å². The summed E-state index contributed by atoms with van der Waals surface area (Å²) in [5, 5.41) is 3.15. The molecule has 1 aromatic rings. The van der Waals surface area contributed by atoms with Crippen LogP contribution in [0.4, 0.5) is 0 Å². The number of methoxy groups -OCH3 is 3. The molecular formula is C16H22ClNO6. The Morgan fingerprint density at radius 1 is 1.04 bits per heavy atom. The maximum Gasteiger partial charge on any atom is 0.306 e. The Morgan fingerprint density at radius 2 is 1.71 bits per heavy atom. The van der Waals surface area contributed by atoms with E-state index in [0.717, 1.165) is 0 Å². The molecule has 0 fully saturated rings. The third-order valence-corrected chi connectivity index (χ3v) is 3.49. The minimum Gasteiger partial charge on any atom is -0.493 e. The van der Waals surface area contributed by atoms with Gasteiger partial charge in [-0.3, -0.25) is 9.59 Å². The fourth-order valence-corrected chi connectivity index (χ4v) is 2.06. The molecule has 0 aliphatic heterocycles. The van der Waals surface area contributed by atoms with Crippen LogP contribution in [0.1, 0.15) is 18.4 Å². The average molecular weight is 360 g/mol. The van der Waals surface area contributed by atoms with Crippen LogP contribution in [0.25, 0.3) is 0 Å². The molecule has 1 rings (SSSR count). The first-order valence-corrected chi connectivity index (χ1v) is 7.71. The van der Waals surface area contributed by atoms with Crippen LogP contribution in [0, 0.1) is 0 Å². The standard InChI is InChI=1S/C16H22ClNO6/c1-21-6-7-24-16(20)5-4-15(19)18-10-11-8-13(22-2)14(23-3)9-12(11)17/h8-9H,4-7,10H2,1-3H3,(H,18,19). The van der Waals surface area contributed by atoms with E-state index < -0.39 is 5.97 Å². The second-order valence-electron chi connectivity index (χ2n) is 4.79. The maximum atomic E-state index is 11.8. The van der Waals surface area contributed by atoms with Crippen LogP contribution in [0.2, 0.25) is 5.02 Å². The van der Waals surface area contributed by atoms with Gasteiger partial charge in [0.1, 0.15) is 6.61 Å². The SMILES string of the molecule is COCCOC(=O)CCC(=O)NCc1cc(OC)c(OC)cc1Cl. The summed E-state index contributed by atoms with van der Waals surface area (Å²) in [7, 11) is 4.55. The number of amides is 1. The van der Waals surface area contributed by atoms with Gasteiger partial charge < -0.3 is 24.3 Å². The highest BCUT2D eigenvalue weighted by Gasteiger charge is 2.12. The average Bonchev–Trinajstić information content (AvgIpc) is 2.58. The van der Waals surface area contributed by atoms with Crippen molar-refractivity contribution in [1.29, 1.82) is 0 Å². The summed E-state index contributed by atoms with van der Waals surface area (Å²) in [5.74, 6) is 0.320. The number of halogens is 1. The Hall–Kier alpha value is -1.99. The first-order valence-electron chi connectivity index (χ1n) is 7.33. The Balaban J connectivity index is 2.45. The smallest absolute Gasteiger partial charge is 0.306 e. The third kappa shape index (κ3) is 6.64. The molecule has 0 aliphatic carbocycles. The molecule has 0 aromatic heterocycles. The number of rotatable bonds is 10. The molecule has 0 radical (unpaired) electrons. The largest absolute Gasteiger partial charge is 0.493 e. The zero-order valence-electron chi connectivity index (χ0n) is 14.0. The van der Waals surface area contributed by atoms with Crippen LogP contribution in [0.5, 0.6) is 11.5 Å². The number of carbonyl (C=O) groups is 2. The number of carbonyl (C=O) groups excluding carboxylic acids is 2. The highest BCUT2D eigenvalue weighted by atomic mass is 35.5. The molecule has 0 heterocycles. The molecule has 7 nitrogen and oxygen atoms in total. The Morgan fingerprint density at radius 3 is 2.33 bits per heavy atom. The van der Waals surface area contributed by atoms with Crippen LogP contribution in [0.15, 0.2) is 12.1 Å². The third-order valence-electron chi connectivity index (χ3n) is 3.14. The van der Waals surface area contributed by atoms with Gasteiger partial charge >= 0.3 is 5.97 Å². The van der Waals surface area contributed by atoms with Crippen molar-refractivity contribution in [3.05, 3.63) is 22.7 Å². The number of benzene rings is 1. The molecule has 0 aliphatic rings. The van der Waals surface area contributed by atoms with Gasteiger partial charge in [-0.1, -0.05) is 11.6 Å². The molecule has 8 heteroatoms. The summed E-state index contributed by atoms with van der Waals surface area (Å²) in [6.07, 6.45) is 0.0476. The van der Waals surface area contributed by atoms with Crippen LogP contribution in [-0.2, 0) is 25.6 Å². The first-order chi connectivity index (χ1) is 11.5. The van der Waals surface area contributed by atoms with E-state index in [0.29, 0.717) is 28.7 Å². The zero-order valence-corrected chi connectivity index (χ0v) is 14.8. The van der Waals surface area contributed by atoms with Gasteiger partial charge in [-0.15, -0.1) is 0 Å². The lowest BCUT2D eigenvalue weighted by atomic mass is 10.2. The van der Waals surface area contributed by atoms with Crippen molar-refractivity contribution < 1.29 is 28.5 Å². The van der Waals surface area contributed by atoms with E-state index >= 15 is 0 Å². The molecule has 1 N–H and O–H groups in total. The number of esters is 1. The molecule has 0 atom stereocenters. The molecule has 1 amide bonds. The number of nitrogens with one attached hydrogen (secondary N) is 1. The Bertz CT molecular complexity index is 564. The van der Waals surface area contributed by atoms with Gasteiger partial charge in [-0.05, 0) is 11.6 Å². The lowest BCUT2D eigenvalue weighted by Crippen LogP contribution is -2.24. The summed E-state index contributed by atoms with van der Waals surface area (Å²) in [5.41, 5.74) is 0.685. The summed E-state index contributed by atoms with van der Waals surface area (Å²) >= 11 is 6.15. The van der Waals surface area contributed by atoms with Crippen LogP contribution in [-0.4, -0.2) is 46.4 Å². The molecule has 1 aromatic carbocycles. The zero-order chi connectivity index (χ0) is 17.9. The topological polar surface area (TPSA) is 83.1 Å². The van der Waals surface area contributed by atoms with Crippen molar-refractivity contribution >= 4 is 23.5 Å². The Kier molecular flexibility index (Phi) is 8.96. The van der Waals surface area contributed by atoms with E-state index in [1.807, 2.05) is 0 Å². The van der Waals surface area contributed by atoms with E-state index in [-0.39, 0.29) is 31.9 Å². The van der Waals surface area contributed by atoms with Crippen molar-refractivity contribution in [3.63, 3.8) is 0 Å². The molecule has 0 saturated heterocycles. The molecular weight excluding hydrogens is 338 g/mol. The number of ether oxygens (including phenoxy) is 4. The maximum absolute atomic E-state index is 11.8. The quantitative estimate of drug-likeness (QED) is 0.508. The summed E-state index contributed by atoms with van der Waals surface area (Å²) < 4.78 is 20.0. The van der Waals surface area contributed by atoms with Crippen molar-refractivity contribution in [2.24, 2.45) is 0 Å². The van der Waals surface area contributed by atoms with E-state index in [1.54, 1.807) is 12.1 Å². The van der Waals surface area contributed by atoms with Crippen molar-refractivity contribution in [2.45, 2.75) is 19.4 Å². The molecule has 0 bridgehead atoms. The minimum absolute atomic E-state index is 0.00914. The fourth-order valence-electron chi connectivity index (χ4n) is 1.84. The predicted octanol–water partition coefficient (Wildman–Crippen LogP) is 1.94. The van der Waals surface area contributed by atoms with Crippen LogP contribution >= 0.6 is 11.6 Å². The minimum atomic E-state index is -0.439. The lowest BCUT2D eigenvalue weighted by Gasteiger charge is -2.12. The summed E-state index contributed by atoms with van der Waals surface area (Å²) in [6, 6.07) is 3.31. The normalized spacial score (nSPS) is 10.2. The van der Waals surface area contributed by atoms with E-state index in [1.165, 1.54) is 21.3 Å². The van der Waals surface area contributed by atoms with Gasteiger partial charge in [0, 0.05) is 31.2 Å². The fraction of sp³-hybridized carbons (Fsp3) is 0.500. The molecule has 0 unspecified atom stereocenters. The van der Waals surface area contributed by atoms with Crippen LogP contribution < -0.4 is 14.8 Å². The van der Waals surface area contributed by atoms with Gasteiger partial charge in [0.15, 0.2) is 11.5 Å². The van der Waals surface area contributed by atoms with Gasteiger partial charge in [0.2, 0.25) is 5.91 Å². The Labute approximate surface area is 146 Å². The van der Waals surface area contributed by atoms with Gasteiger partial charge in [-0.25, -0.2) is 0 Å². The molecule has 24 heavy (non-hydrogen) atoms. The monoisotopic (exact) mass is 359 g/mol. The second kappa shape index (κ2) is 10.7. The molecule has 0 saturated carbocycles. The van der Waals surface area contributed by atoms with E-state index in [4.69, 9.17) is 30.5 Å². The van der Waals surface area contributed by atoms with Gasteiger partial charge in [0.25, 0.3) is 0 Å². The second-order valence-corrected chi connectivity index (χ2v) is 5.20. The van der Waals surface area contributed by atoms with Crippen LogP contribution in [0.3, 0.4) is 0 Å². The van der Waals surface area contributed by atoms with E-state index in [9.17, 15) is 9.59 Å². The van der Waals surface area contributed by atoms with Gasteiger partial charge in [0.05, 0.1) is 27.2 Å². The first kappa shape index (κ1) is 20.1. The van der Waals surface area contributed by atoms with Crippen molar-refractivity contribution in [1.82, 2.24) is 5.32 Å². The number of hydrogen-bond donors (Lipinski definition) is 1. The van der Waals surface area contributed by atoms with Crippen molar-refractivity contribution in [3.8, 4) is 11.5 Å². The lowest BCUT2D eigenvalue weighted by molar-refractivity contribution is -0.146. The summed E-state index contributed by atoms with van der Waals surface area (Å²) in [6.45, 7) is 0.727. The number of hydrogen-bond acceptors (Lipinski definition) is 6. The summed E-state index contributed by atoms with van der Waals surface area (Å²) in [4.78, 5) is 23.2. The predicted molar refractivity (Wildman–Crippen MR) is 88.5 cm³/mol. The highest BCUT2D eigenvalue weighted by molar-refractivity contribution is 6.31. The van der Waals surface area contributed by atoms with Gasteiger partial charge in [-0.2, -0.15) is 0 Å². The highest BCUT2D eigenvalue weighted by Crippen LogP contribution is 2.32.